The maximum Gasteiger partial charge on any atom is 0.319 e. The molecule has 0 aromatic heterocycles. The molecule has 0 aliphatic carbocycles. The summed E-state index contributed by atoms with van der Waals surface area (Å²) in [5, 5.41) is 9.08. The lowest BCUT2D eigenvalue weighted by Crippen LogP contribution is -2.47. The Labute approximate surface area is 147 Å². The predicted molar refractivity (Wildman–Crippen MR) is 98.1 cm³/mol. The van der Waals surface area contributed by atoms with Crippen molar-refractivity contribution in [1.29, 1.82) is 0 Å². The van der Waals surface area contributed by atoms with Gasteiger partial charge in [0, 0.05) is 18.3 Å². The number of amides is 2. The third-order valence-electron chi connectivity index (χ3n) is 4.58. The molecule has 0 unspecified atom stereocenters. The molecule has 2 aromatic rings. The van der Waals surface area contributed by atoms with Gasteiger partial charge < -0.3 is 16.0 Å². The summed E-state index contributed by atoms with van der Waals surface area (Å²) in [4.78, 5) is 12.0. The van der Waals surface area contributed by atoms with Crippen LogP contribution in [0.25, 0.3) is 0 Å². The van der Waals surface area contributed by atoms with Crippen molar-refractivity contribution in [3.05, 3.63) is 66.0 Å². The van der Waals surface area contributed by atoms with Crippen molar-refractivity contribution in [3.8, 4) is 0 Å². The molecule has 0 spiro atoms. The zero-order valence-corrected chi connectivity index (χ0v) is 14.2. The van der Waals surface area contributed by atoms with Crippen LogP contribution >= 0.6 is 0 Å². The van der Waals surface area contributed by atoms with E-state index in [4.69, 9.17) is 0 Å². The van der Waals surface area contributed by atoms with E-state index in [1.165, 1.54) is 17.7 Å². The Kier molecular flexibility index (Phi) is 6.01. The molecule has 2 aromatic carbocycles. The summed E-state index contributed by atoms with van der Waals surface area (Å²) >= 11 is 0. The quantitative estimate of drug-likeness (QED) is 0.779. The van der Waals surface area contributed by atoms with Crippen LogP contribution in [0.1, 0.15) is 18.4 Å². The van der Waals surface area contributed by atoms with Gasteiger partial charge in [0.2, 0.25) is 0 Å². The number of hydrogen-bond acceptors (Lipinski definition) is 2. The average Bonchev–Trinajstić information content (AvgIpc) is 2.63. The summed E-state index contributed by atoms with van der Waals surface area (Å²) in [5.74, 6) is 0.317. The summed E-state index contributed by atoms with van der Waals surface area (Å²) in [6.45, 7) is 1.56. The van der Waals surface area contributed by atoms with Crippen LogP contribution in [-0.4, -0.2) is 25.2 Å². The monoisotopic (exact) mass is 341 g/mol. The van der Waals surface area contributed by atoms with E-state index in [0.717, 1.165) is 25.8 Å². The molecule has 3 N–H and O–H groups in total. The van der Waals surface area contributed by atoms with E-state index in [1.807, 2.05) is 6.07 Å². The molecule has 0 bridgehead atoms. The highest BCUT2D eigenvalue weighted by molar-refractivity contribution is 5.89. The Hall–Kier alpha value is -2.40. The third-order valence-corrected chi connectivity index (χ3v) is 4.58. The normalized spacial score (nSPS) is 20.0. The smallest absolute Gasteiger partial charge is 0.319 e. The molecule has 2 atom stereocenters. The SMILES string of the molecule is O=C(NC[C@@H]1C[C@H](Cc2ccccc2)CCN1)Nc1ccc(F)cc1. The molecule has 1 aliphatic rings. The molecule has 132 valence electrons. The van der Waals surface area contributed by atoms with E-state index >= 15 is 0 Å². The first-order chi connectivity index (χ1) is 12.2. The van der Waals surface area contributed by atoms with E-state index in [1.54, 1.807) is 12.1 Å². The number of anilines is 1. The van der Waals surface area contributed by atoms with Crippen LogP contribution in [-0.2, 0) is 6.42 Å². The lowest BCUT2D eigenvalue weighted by atomic mass is 9.87. The highest BCUT2D eigenvalue weighted by atomic mass is 19.1. The van der Waals surface area contributed by atoms with Crippen molar-refractivity contribution in [2.24, 2.45) is 5.92 Å². The Morgan fingerprint density at radius 2 is 1.88 bits per heavy atom. The van der Waals surface area contributed by atoms with Gasteiger partial charge in [-0.2, -0.15) is 0 Å². The number of hydrogen-bond donors (Lipinski definition) is 3. The van der Waals surface area contributed by atoms with E-state index in [2.05, 4.69) is 40.2 Å². The number of carbonyl (C=O) groups excluding carboxylic acids is 1. The van der Waals surface area contributed by atoms with Crippen molar-refractivity contribution in [1.82, 2.24) is 10.6 Å². The number of halogens is 1. The van der Waals surface area contributed by atoms with Gasteiger partial charge in [-0.25, -0.2) is 9.18 Å². The van der Waals surface area contributed by atoms with Gasteiger partial charge in [0.05, 0.1) is 0 Å². The fraction of sp³-hybridized carbons (Fsp3) is 0.350. The lowest BCUT2D eigenvalue weighted by molar-refractivity contribution is 0.246. The topological polar surface area (TPSA) is 53.2 Å². The molecule has 3 rings (SSSR count). The Bertz CT molecular complexity index is 675. The van der Waals surface area contributed by atoms with Gasteiger partial charge in [0.25, 0.3) is 0 Å². The van der Waals surface area contributed by atoms with Crippen molar-refractivity contribution >= 4 is 11.7 Å². The zero-order valence-electron chi connectivity index (χ0n) is 14.2. The Balaban J connectivity index is 1.43. The summed E-state index contributed by atoms with van der Waals surface area (Å²) < 4.78 is 12.9. The molecular formula is C20H24FN3O. The van der Waals surface area contributed by atoms with Gasteiger partial charge in [0.1, 0.15) is 5.82 Å². The summed E-state index contributed by atoms with van der Waals surface area (Å²) in [7, 11) is 0. The number of nitrogens with one attached hydrogen (secondary N) is 3. The van der Waals surface area contributed by atoms with Crippen molar-refractivity contribution < 1.29 is 9.18 Å². The highest BCUT2D eigenvalue weighted by Gasteiger charge is 2.22. The molecule has 1 aliphatic heterocycles. The van der Waals surface area contributed by atoms with Crippen molar-refractivity contribution in [2.45, 2.75) is 25.3 Å². The number of benzene rings is 2. The molecule has 25 heavy (non-hydrogen) atoms. The number of piperidine rings is 1. The summed E-state index contributed by atoms with van der Waals surface area (Å²) in [6, 6.07) is 16.3. The number of carbonyl (C=O) groups is 1. The zero-order chi connectivity index (χ0) is 17.5. The largest absolute Gasteiger partial charge is 0.336 e. The molecule has 1 saturated heterocycles. The molecule has 0 radical (unpaired) electrons. The minimum atomic E-state index is -0.318. The summed E-state index contributed by atoms with van der Waals surface area (Å²) in [6.07, 6.45) is 3.29. The minimum absolute atomic E-state index is 0.265. The molecule has 5 heteroatoms. The molecule has 0 saturated carbocycles. The first-order valence-electron chi connectivity index (χ1n) is 8.77. The Morgan fingerprint density at radius 3 is 2.64 bits per heavy atom. The van der Waals surface area contributed by atoms with Gasteiger partial charge in [-0.15, -0.1) is 0 Å². The summed E-state index contributed by atoms with van der Waals surface area (Å²) in [5.41, 5.74) is 1.95. The second-order valence-corrected chi connectivity index (χ2v) is 6.57. The van der Waals surface area contributed by atoms with Crippen LogP contribution in [0.2, 0.25) is 0 Å². The van der Waals surface area contributed by atoms with Crippen LogP contribution in [0.5, 0.6) is 0 Å². The molecule has 4 nitrogen and oxygen atoms in total. The van der Waals surface area contributed by atoms with Crippen LogP contribution < -0.4 is 16.0 Å². The first-order valence-corrected chi connectivity index (χ1v) is 8.77. The van der Waals surface area contributed by atoms with Crippen LogP contribution in [0.3, 0.4) is 0 Å². The van der Waals surface area contributed by atoms with Crippen LogP contribution in [0.15, 0.2) is 54.6 Å². The Morgan fingerprint density at radius 1 is 1.12 bits per heavy atom. The number of rotatable bonds is 5. The third kappa shape index (κ3) is 5.57. The second-order valence-electron chi connectivity index (χ2n) is 6.57. The van der Waals surface area contributed by atoms with Gasteiger partial charge >= 0.3 is 6.03 Å². The van der Waals surface area contributed by atoms with E-state index < -0.39 is 0 Å². The predicted octanol–water partition coefficient (Wildman–Crippen LogP) is 3.56. The van der Waals surface area contributed by atoms with Crippen LogP contribution in [0.4, 0.5) is 14.9 Å². The lowest BCUT2D eigenvalue weighted by Gasteiger charge is -2.30. The minimum Gasteiger partial charge on any atom is -0.336 e. The van der Waals surface area contributed by atoms with E-state index in [0.29, 0.717) is 18.2 Å². The maximum absolute atomic E-state index is 12.9. The van der Waals surface area contributed by atoms with Crippen molar-refractivity contribution in [3.63, 3.8) is 0 Å². The standard InChI is InChI=1S/C20H24FN3O/c21-17-6-8-18(9-7-17)24-20(25)23-14-19-13-16(10-11-22-19)12-15-4-2-1-3-5-15/h1-9,16,19,22H,10-14H2,(H2,23,24,25)/t16-,19-/m0/s1. The van der Waals surface area contributed by atoms with Crippen LogP contribution in [0, 0.1) is 11.7 Å². The second kappa shape index (κ2) is 8.62. The fourth-order valence-corrected chi connectivity index (χ4v) is 3.31. The van der Waals surface area contributed by atoms with Gasteiger partial charge in [-0.05, 0) is 61.6 Å². The van der Waals surface area contributed by atoms with Gasteiger partial charge in [0.15, 0.2) is 0 Å². The highest BCUT2D eigenvalue weighted by Crippen LogP contribution is 2.21. The fourth-order valence-electron chi connectivity index (χ4n) is 3.31. The van der Waals surface area contributed by atoms with Gasteiger partial charge in [-0.1, -0.05) is 30.3 Å². The molecular weight excluding hydrogens is 317 g/mol. The van der Waals surface area contributed by atoms with E-state index in [9.17, 15) is 9.18 Å². The number of urea groups is 1. The maximum atomic E-state index is 12.9. The average molecular weight is 341 g/mol. The van der Waals surface area contributed by atoms with Crippen molar-refractivity contribution in [2.75, 3.05) is 18.4 Å². The first kappa shape index (κ1) is 17.4. The molecule has 2 amide bonds. The molecule has 1 fully saturated rings. The molecule has 1 heterocycles. The van der Waals surface area contributed by atoms with Gasteiger partial charge in [-0.3, -0.25) is 0 Å². The van der Waals surface area contributed by atoms with E-state index in [-0.39, 0.29) is 17.9 Å².